The summed E-state index contributed by atoms with van der Waals surface area (Å²) in [5.74, 6) is 0. The Hall–Kier alpha value is -2.07. The molecule has 0 aromatic heterocycles. The van der Waals surface area contributed by atoms with Gasteiger partial charge < -0.3 is 15.7 Å². The fraction of sp³-hybridized carbons (Fsp3) is 0.529. The molecular weight excluding hydrogens is 527 g/mol. The van der Waals surface area contributed by atoms with E-state index in [1.807, 2.05) is 13.8 Å². The zero-order valence-corrected chi connectivity index (χ0v) is 26.0. The number of aryl methyl sites for hydroxylation is 2. The van der Waals surface area contributed by atoms with E-state index in [0.717, 1.165) is 67.5 Å². The third kappa shape index (κ3) is 13.2. The van der Waals surface area contributed by atoms with Crippen molar-refractivity contribution in [3.8, 4) is 0 Å². The molecule has 39 heavy (non-hydrogen) atoms. The molecule has 0 unspecified atom stereocenters. The van der Waals surface area contributed by atoms with Crippen LogP contribution in [0.4, 0.5) is 0 Å². The number of hydrogen-bond acceptors (Lipinski definition) is 2. The number of rotatable bonds is 13. The van der Waals surface area contributed by atoms with Crippen LogP contribution in [0.15, 0.2) is 60.2 Å². The molecule has 0 spiro atoms. The van der Waals surface area contributed by atoms with Crippen LogP contribution in [-0.4, -0.2) is 28.1 Å². The molecule has 0 bridgehead atoms. The summed E-state index contributed by atoms with van der Waals surface area (Å²) in [5.41, 5.74) is 19.3. The summed E-state index contributed by atoms with van der Waals surface area (Å²) in [6, 6.07) is 17.4. The van der Waals surface area contributed by atoms with Crippen molar-refractivity contribution in [3.05, 3.63) is 88.0 Å². The maximum Gasteiger partial charge on any atom is 0.210 e. The molecular formula is C34H52N2NiO2. The Labute approximate surface area is 248 Å². The van der Waals surface area contributed by atoms with Crippen molar-refractivity contribution >= 4 is 11.4 Å². The van der Waals surface area contributed by atoms with Crippen LogP contribution in [-0.2, 0) is 29.3 Å². The van der Waals surface area contributed by atoms with Crippen LogP contribution in [0.5, 0.6) is 0 Å². The third-order valence-electron chi connectivity index (χ3n) is 6.36. The maximum absolute atomic E-state index is 11.3. The summed E-state index contributed by atoms with van der Waals surface area (Å²) in [4.78, 5) is 0. The van der Waals surface area contributed by atoms with E-state index in [4.69, 9.17) is 10.2 Å². The molecule has 0 saturated carbocycles. The van der Waals surface area contributed by atoms with E-state index in [0.29, 0.717) is 13.2 Å². The first kappa shape index (κ1) is 36.9. The summed E-state index contributed by atoms with van der Waals surface area (Å²) in [7, 11) is 0. The molecule has 1 aliphatic rings. The summed E-state index contributed by atoms with van der Waals surface area (Å²) < 4.78 is 1.43. The average Bonchev–Trinajstić information content (AvgIpc) is 3.30. The van der Waals surface area contributed by atoms with Crippen LogP contribution >= 0.6 is 0 Å². The third-order valence-corrected chi connectivity index (χ3v) is 6.36. The van der Waals surface area contributed by atoms with Crippen LogP contribution in [0.3, 0.4) is 0 Å². The van der Waals surface area contributed by atoms with Gasteiger partial charge in [0.25, 0.3) is 0 Å². The van der Waals surface area contributed by atoms with Gasteiger partial charge in [-0.2, -0.15) is 0 Å². The Morgan fingerprint density at radius 3 is 1.54 bits per heavy atom. The van der Waals surface area contributed by atoms with E-state index in [9.17, 15) is 5.53 Å². The molecule has 1 heterocycles. The van der Waals surface area contributed by atoms with Crippen LogP contribution in [0.2, 0.25) is 0 Å². The van der Waals surface area contributed by atoms with Crippen LogP contribution in [0.1, 0.15) is 115 Å². The molecule has 1 aliphatic heterocycles. The summed E-state index contributed by atoms with van der Waals surface area (Å²) >= 11 is 0. The Kier molecular flexibility index (Phi) is 21.5. The van der Waals surface area contributed by atoms with Crippen molar-refractivity contribution in [1.82, 2.24) is 0 Å². The Morgan fingerprint density at radius 2 is 1.08 bits per heavy atom. The van der Waals surface area contributed by atoms with Gasteiger partial charge in [0.1, 0.15) is 0 Å². The first-order chi connectivity index (χ1) is 18.5. The molecule has 2 N–H and O–H groups in total. The summed E-state index contributed by atoms with van der Waals surface area (Å²) in [6.45, 7) is 11.2. The molecule has 2 aromatic carbocycles. The van der Waals surface area contributed by atoms with Crippen molar-refractivity contribution < 1.29 is 31.4 Å². The van der Waals surface area contributed by atoms with Gasteiger partial charge in [0.15, 0.2) is 0 Å². The van der Waals surface area contributed by atoms with E-state index in [2.05, 4.69) is 75.4 Å². The number of unbranched alkanes of at least 4 members (excludes halogenated alkanes) is 3. The molecule has 0 atom stereocenters. The van der Waals surface area contributed by atoms with Gasteiger partial charge in [0, 0.05) is 52.5 Å². The minimum Gasteiger partial charge on any atom is -0.493 e. The van der Waals surface area contributed by atoms with E-state index in [1.165, 1.54) is 47.1 Å². The number of aliphatic hydroxyl groups is 2. The van der Waals surface area contributed by atoms with Crippen molar-refractivity contribution in [2.75, 3.05) is 13.2 Å². The molecule has 5 heteroatoms. The minimum atomic E-state index is 0. The van der Waals surface area contributed by atoms with E-state index < -0.39 is 0 Å². The molecule has 0 saturated heterocycles. The Bertz CT molecular complexity index is 1010. The number of nitrogens with zero attached hydrogens (tertiary/aromatic N) is 2. The van der Waals surface area contributed by atoms with Gasteiger partial charge in [0.2, 0.25) is 11.4 Å². The number of aliphatic hydroxyl groups excluding tert-OH is 2. The average molecular weight is 579 g/mol. The van der Waals surface area contributed by atoms with Crippen molar-refractivity contribution in [3.63, 3.8) is 0 Å². The summed E-state index contributed by atoms with van der Waals surface area (Å²) in [5, 5.41) is 15.8. The van der Waals surface area contributed by atoms with Gasteiger partial charge in [-0.3, -0.25) is 0 Å². The maximum atomic E-state index is 11.3. The second-order valence-electron chi connectivity index (χ2n) is 9.87. The fourth-order valence-electron chi connectivity index (χ4n) is 4.14. The van der Waals surface area contributed by atoms with Gasteiger partial charge in [-0.25, -0.2) is 4.70 Å². The number of benzene rings is 2. The number of hydrogen-bond donors (Lipinski definition) is 2. The van der Waals surface area contributed by atoms with E-state index in [-0.39, 0.29) is 16.5 Å². The predicted molar refractivity (Wildman–Crippen MR) is 163 cm³/mol. The molecule has 4 nitrogen and oxygen atoms in total. The monoisotopic (exact) mass is 578 g/mol. The van der Waals surface area contributed by atoms with Gasteiger partial charge >= 0.3 is 0 Å². The normalized spacial score (nSPS) is 12.2. The zero-order chi connectivity index (χ0) is 28.2. The first-order valence-corrected chi connectivity index (χ1v) is 14.8. The quantitative estimate of drug-likeness (QED) is 0.184. The van der Waals surface area contributed by atoms with Gasteiger partial charge in [-0.15, -0.1) is 0 Å². The Morgan fingerprint density at radius 1 is 0.641 bits per heavy atom. The summed E-state index contributed by atoms with van der Waals surface area (Å²) in [6.07, 6.45) is 14.2. The van der Waals surface area contributed by atoms with Crippen molar-refractivity contribution in [1.29, 1.82) is 0 Å². The van der Waals surface area contributed by atoms with Gasteiger partial charge in [0.05, 0.1) is 0 Å². The molecule has 0 amide bonds. The van der Waals surface area contributed by atoms with E-state index >= 15 is 0 Å². The Balaban J connectivity index is 0.00000142. The predicted octanol–water partition coefficient (Wildman–Crippen LogP) is 9.14. The SMILES string of the molecule is CCCCC1=C(c2cccc(CCCC)c2)[N+](=[N-])C(c2cccc(CCCC)c2)=C1.CCCO.CCCO.[Ni]. The smallest absolute Gasteiger partial charge is 0.210 e. The fourth-order valence-corrected chi connectivity index (χ4v) is 4.14. The van der Waals surface area contributed by atoms with Crippen LogP contribution in [0.25, 0.3) is 16.9 Å². The second kappa shape index (κ2) is 22.7. The van der Waals surface area contributed by atoms with Gasteiger partial charge in [-0.1, -0.05) is 78.1 Å². The molecule has 0 fully saturated rings. The largest absolute Gasteiger partial charge is 0.493 e. The second-order valence-corrected chi connectivity index (χ2v) is 9.87. The molecule has 3 rings (SSSR count). The van der Waals surface area contributed by atoms with Crippen molar-refractivity contribution in [2.24, 2.45) is 0 Å². The van der Waals surface area contributed by atoms with Crippen LogP contribution < -0.4 is 0 Å². The van der Waals surface area contributed by atoms with E-state index in [1.54, 1.807) is 0 Å². The molecule has 0 aliphatic carbocycles. The molecule has 0 radical (unpaired) electrons. The topological polar surface area (TPSA) is 65.8 Å². The molecule has 2 aromatic rings. The van der Waals surface area contributed by atoms with Crippen LogP contribution in [0, 0.1) is 0 Å². The first-order valence-electron chi connectivity index (χ1n) is 14.8. The standard InChI is InChI=1S/C28H36N2.2C3H8O.Ni/c1-4-7-12-22-14-10-17-24(19-22)27-21-26(16-9-6-3)28(30(27)29)25-18-11-15-23(20-25)13-8-5-2;2*1-2-3-4;/h10-11,14-15,17-21H,4-9,12-13,16H2,1-3H3;2*4H,2-3H2,1H3;. The molecule has 220 valence electrons. The van der Waals surface area contributed by atoms with Gasteiger partial charge in [-0.05, 0) is 86.8 Å². The minimum absolute atomic E-state index is 0. The van der Waals surface area contributed by atoms with Crippen molar-refractivity contribution in [2.45, 2.75) is 105 Å². The number of allylic oxidation sites excluding steroid dienone is 2. The zero-order valence-electron chi connectivity index (χ0n) is 25.0.